The van der Waals surface area contributed by atoms with E-state index in [0.717, 1.165) is 0 Å². The zero-order valence-electron chi connectivity index (χ0n) is 13.2. The fourth-order valence-electron chi connectivity index (χ4n) is 2.09. The molecule has 2 aromatic rings. The standard InChI is InChI=1S/C18H18O5/c1-21-15-10-8-13(11-17(15)23-3)14(19)9-7-12-5-4-6-16(22-2)18(12)20/h4-11,20H,1-3H3/b9-7+. The van der Waals surface area contributed by atoms with Gasteiger partial charge in [-0.2, -0.15) is 0 Å². The van der Waals surface area contributed by atoms with E-state index < -0.39 is 0 Å². The lowest BCUT2D eigenvalue weighted by Crippen LogP contribution is -1.97. The van der Waals surface area contributed by atoms with E-state index in [2.05, 4.69) is 0 Å². The van der Waals surface area contributed by atoms with Crippen LogP contribution in [0, 0.1) is 0 Å². The van der Waals surface area contributed by atoms with Crippen LogP contribution >= 0.6 is 0 Å². The molecular weight excluding hydrogens is 296 g/mol. The number of methoxy groups -OCH3 is 3. The highest BCUT2D eigenvalue weighted by molar-refractivity contribution is 6.07. The third kappa shape index (κ3) is 3.63. The molecule has 120 valence electrons. The number of aromatic hydroxyl groups is 1. The number of para-hydroxylation sites is 1. The molecule has 0 heterocycles. The van der Waals surface area contributed by atoms with E-state index >= 15 is 0 Å². The Labute approximate surface area is 134 Å². The highest BCUT2D eigenvalue weighted by Crippen LogP contribution is 2.31. The summed E-state index contributed by atoms with van der Waals surface area (Å²) in [5, 5.41) is 10.00. The highest BCUT2D eigenvalue weighted by atomic mass is 16.5. The molecule has 0 saturated heterocycles. The van der Waals surface area contributed by atoms with Gasteiger partial charge in [0, 0.05) is 11.1 Å². The molecule has 0 aliphatic heterocycles. The van der Waals surface area contributed by atoms with Gasteiger partial charge in [-0.3, -0.25) is 4.79 Å². The van der Waals surface area contributed by atoms with Crippen LogP contribution in [0.15, 0.2) is 42.5 Å². The summed E-state index contributed by atoms with van der Waals surface area (Å²) in [7, 11) is 4.51. The van der Waals surface area contributed by atoms with Gasteiger partial charge in [0.1, 0.15) is 0 Å². The number of allylic oxidation sites excluding steroid dienone is 1. The van der Waals surface area contributed by atoms with Crippen LogP contribution in [0.2, 0.25) is 0 Å². The Kier molecular flexibility index (Phi) is 5.25. The molecule has 0 aromatic heterocycles. The number of benzene rings is 2. The van der Waals surface area contributed by atoms with Crippen LogP contribution in [0.1, 0.15) is 15.9 Å². The first-order valence-electron chi connectivity index (χ1n) is 6.91. The van der Waals surface area contributed by atoms with Crippen molar-refractivity contribution in [1.29, 1.82) is 0 Å². The molecule has 0 atom stereocenters. The third-order valence-corrected chi connectivity index (χ3v) is 3.33. The molecule has 23 heavy (non-hydrogen) atoms. The first-order valence-corrected chi connectivity index (χ1v) is 6.91. The van der Waals surface area contributed by atoms with Crippen molar-refractivity contribution in [2.75, 3.05) is 21.3 Å². The Balaban J connectivity index is 2.25. The molecule has 5 nitrogen and oxygen atoms in total. The predicted molar refractivity (Wildman–Crippen MR) is 87.6 cm³/mol. The first kappa shape index (κ1) is 16.4. The minimum absolute atomic E-state index is 0.00800. The van der Waals surface area contributed by atoms with Crippen molar-refractivity contribution in [2.45, 2.75) is 0 Å². The number of rotatable bonds is 6. The van der Waals surface area contributed by atoms with Crippen LogP contribution in [0.25, 0.3) is 6.08 Å². The fourth-order valence-corrected chi connectivity index (χ4v) is 2.09. The largest absolute Gasteiger partial charge is 0.504 e. The van der Waals surface area contributed by atoms with E-state index in [4.69, 9.17) is 14.2 Å². The second-order valence-electron chi connectivity index (χ2n) is 4.67. The summed E-state index contributed by atoms with van der Waals surface area (Å²) in [4.78, 5) is 12.3. The molecule has 0 radical (unpaired) electrons. The Morgan fingerprint density at radius 1 is 0.957 bits per heavy atom. The number of hydrogen-bond donors (Lipinski definition) is 1. The summed E-state index contributed by atoms with van der Waals surface area (Å²) < 4.78 is 15.4. The molecule has 0 aliphatic rings. The molecule has 0 aliphatic carbocycles. The molecular formula is C18H18O5. The highest BCUT2D eigenvalue weighted by Gasteiger charge is 2.09. The summed E-state index contributed by atoms with van der Waals surface area (Å²) in [6, 6.07) is 10.00. The van der Waals surface area contributed by atoms with E-state index in [1.807, 2.05) is 0 Å². The van der Waals surface area contributed by atoms with E-state index in [-0.39, 0.29) is 11.5 Å². The molecule has 0 spiro atoms. The number of phenolic OH excluding ortho intramolecular Hbond substituents is 1. The predicted octanol–water partition coefficient (Wildman–Crippen LogP) is 3.31. The molecule has 2 aromatic carbocycles. The quantitative estimate of drug-likeness (QED) is 0.654. The van der Waals surface area contributed by atoms with Gasteiger partial charge in [-0.25, -0.2) is 0 Å². The summed E-state index contributed by atoms with van der Waals surface area (Å²) in [6.07, 6.45) is 2.92. The van der Waals surface area contributed by atoms with Crippen molar-refractivity contribution in [3.8, 4) is 23.0 Å². The minimum atomic E-state index is -0.215. The van der Waals surface area contributed by atoms with Crippen LogP contribution in [0.5, 0.6) is 23.0 Å². The van der Waals surface area contributed by atoms with E-state index in [1.165, 1.54) is 33.5 Å². The van der Waals surface area contributed by atoms with E-state index in [1.54, 1.807) is 36.4 Å². The number of ketones is 1. The SMILES string of the molecule is COc1ccc(C(=O)/C=C/c2cccc(OC)c2O)cc1OC. The summed E-state index contributed by atoms with van der Waals surface area (Å²) >= 11 is 0. The van der Waals surface area contributed by atoms with Gasteiger partial charge in [-0.15, -0.1) is 0 Å². The number of carbonyl (C=O) groups excluding carboxylic acids is 1. The average Bonchev–Trinajstić information content (AvgIpc) is 2.59. The van der Waals surface area contributed by atoms with Gasteiger partial charge < -0.3 is 19.3 Å². The molecule has 1 N–H and O–H groups in total. The van der Waals surface area contributed by atoms with Gasteiger partial charge in [-0.05, 0) is 36.4 Å². The zero-order valence-corrected chi connectivity index (χ0v) is 13.2. The maximum atomic E-state index is 12.3. The molecule has 0 saturated carbocycles. The second kappa shape index (κ2) is 7.35. The monoisotopic (exact) mass is 314 g/mol. The van der Waals surface area contributed by atoms with Gasteiger partial charge >= 0.3 is 0 Å². The van der Waals surface area contributed by atoms with Crippen LogP contribution in [0.3, 0.4) is 0 Å². The zero-order chi connectivity index (χ0) is 16.8. The Morgan fingerprint density at radius 2 is 1.65 bits per heavy atom. The van der Waals surface area contributed by atoms with Crippen molar-refractivity contribution in [2.24, 2.45) is 0 Å². The minimum Gasteiger partial charge on any atom is -0.504 e. The van der Waals surface area contributed by atoms with Crippen LogP contribution in [-0.4, -0.2) is 32.2 Å². The van der Waals surface area contributed by atoms with Crippen molar-refractivity contribution < 1.29 is 24.1 Å². The van der Waals surface area contributed by atoms with Crippen molar-refractivity contribution in [3.63, 3.8) is 0 Å². The molecule has 0 amide bonds. The normalized spacial score (nSPS) is 10.6. The number of ether oxygens (including phenoxy) is 3. The van der Waals surface area contributed by atoms with Gasteiger partial charge in [0.05, 0.1) is 21.3 Å². The smallest absolute Gasteiger partial charge is 0.185 e. The van der Waals surface area contributed by atoms with Crippen molar-refractivity contribution >= 4 is 11.9 Å². The summed E-state index contributed by atoms with van der Waals surface area (Å²) in [5.74, 6) is 1.17. The second-order valence-corrected chi connectivity index (χ2v) is 4.67. The van der Waals surface area contributed by atoms with E-state index in [9.17, 15) is 9.90 Å². The Morgan fingerprint density at radius 3 is 2.30 bits per heavy atom. The Hall–Kier alpha value is -2.95. The lowest BCUT2D eigenvalue weighted by atomic mass is 10.1. The molecule has 0 fully saturated rings. The van der Waals surface area contributed by atoms with E-state index in [0.29, 0.717) is 28.4 Å². The summed E-state index contributed by atoms with van der Waals surface area (Å²) in [5.41, 5.74) is 0.958. The van der Waals surface area contributed by atoms with Gasteiger partial charge in [0.15, 0.2) is 28.8 Å². The average molecular weight is 314 g/mol. The number of phenols is 1. The van der Waals surface area contributed by atoms with Gasteiger partial charge in [0.25, 0.3) is 0 Å². The lowest BCUT2D eigenvalue weighted by Gasteiger charge is -2.08. The Bertz CT molecular complexity index is 734. The maximum absolute atomic E-state index is 12.3. The third-order valence-electron chi connectivity index (χ3n) is 3.33. The molecule has 5 heteroatoms. The molecule has 2 rings (SSSR count). The molecule has 0 bridgehead atoms. The fraction of sp³-hybridized carbons (Fsp3) is 0.167. The maximum Gasteiger partial charge on any atom is 0.185 e. The van der Waals surface area contributed by atoms with Crippen molar-refractivity contribution in [3.05, 3.63) is 53.6 Å². The number of carbonyl (C=O) groups is 1. The van der Waals surface area contributed by atoms with Crippen molar-refractivity contribution in [1.82, 2.24) is 0 Å². The van der Waals surface area contributed by atoms with Gasteiger partial charge in [0.2, 0.25) is 0 Å². The summed E-state index contributed by atoms with van der Waals surface area (Å²) in [6.45, 7) is 0. The van der Waals surface area contributed by atoms with Crippen LogP contribution < -0.4 is 14.2 Å². The number of hydrogen-bond acceptors (Lipinski definition) is 5. The van der Waals surface area contributed by atoms with Gasteiger partial charge in [-0.1, -0.05) is 12.1 Å². The topological polar surface area (TPSA) is 65.0 Å². The van der Waals surface area contributed by atoms with Crippen LogP contribution in [-0.2, 0) is 0 Å². The first-order chi connectivity index (χ1) is 11.1. The lowest BCUT2D eigenvalue weighted by molar-refractivity contribution is 0.104. The van der Waals surface area contributed by atoms with Crippen LogP contribution in [0.4, 0.5) is 0 Å². The molecule has 0 unspecified atom stereocenters.